The Bertz CT molecular complexity index is 5440. The standard InChI is InChI=1S/C13H19NO.C12H14F3NO.C12H15F2NO.2C12H17NO.C11H14ClNO.C11H14FNO.C11H15NO.C10H13NO2.C10H13NO/c1-5-11-10(9(3)4)7-8-12(14-11)13(15)6-2;1-4-10(17)9-6-5-8(7(2)3)11(16-9)12(13,14)15;1-4-10(16)9-6-5-8(7(2)3)11(15-9)12(13)14;1-5-12(14)11-7-6-10(8(2)3)9(4)13-11;1-4-5-12(14)11-7-6-10(8-13-11)9(2)3;2*1-4-10(14)9-6-5-8(7(2)3)11(12)13-9;1-4-11(13)10-6-5-9(7-12-10)8(2)3;1-7(2)8-4-5-9(11-6-8)10(12)13-3;1-7(2)9-4-5-10(8(3)12)11-6-9/h7-9H,5-6H2,1-4H3;5-7H,4H2,1-3H3;5-7,12H,4H2,1-3H3;6-8H,5H2,1-4H3;6-9H,4-5H2,1-3H3;2*5-7H,4H2,1-3H3;5-8H,4H2,1-3H3;4-7H,1-3H3;4-7H,1-3H3. The Labute approximate surface area is 844 Å². The summed E-state index contributed by atoms with van der Waals surface area (Å²) in [6.45, 7) is 60.2. The molecule has 0 amide bonds. The fourth-order valence-electron chi connectivity index (χ4n) is 12.9. The molecule has 0 aliphatic heterocycles. The number of hydrogen-bond acceptors (Lipinski definition) is 21. The van der Waals surface area contributed by atoms with Gasteiger partial charge < -0.3 is 4.74 Å². The summed E-state index contributed by atoms with van der Waals surface area (Å²) in [5.41, 5.74) is 14.0. The molecule has 28 heteroatoms. The third kappa shape index (κ3) is 43.8. The minimum atomic E-state index is -4.52. The van der Waals surface area contributed by atoms with E-state index in [0.29, 0.717) is 136 Å². The molecule has 10 heterocycles. The van der Waals surface area contributed by atoms with E-state index < -0.39 is 30.2 Å². The Morgan fingerprint density at radius 1 is 0.324 bits per heavy atom. The molecule has 0 spiro atoms. The molecule has 0 atom stereocenters. The van der Waals surface area contributed by atoms with Crippen LogP contribution in [0.15, 0.2) is 146 Å². The van der Waals surface area contributed by atoms with E-state index >= 15 is 0 Å². The van der Waals surface area contributed by atoms with E-state index in [0.717, 1.165) is 35.4 Å². The normalized spacial score (nSPS) is 10.8. The SMILES string of the molecule is CC(=O)c1ccc(C(C)C)cn1.CCC(=O)c1ccc(C(C)C)c(C(F)(F)F)n1.CCC(=O)c1ccc(C(C)C)c(C(F)F)n1.CCC(=O)c1ccc(C(C)C)c(C)n1.CCC(=O)c1ccc(C(C)C)c(CC)n1.CCC(=O)c1ccc(C(C)C)c(Cl)n1.CCC(=O)c1ccc(C(C)C)c(F)n1.CCC(=O)c1ccc(C(C)C)cn1.CCCC(=O)c1ccc(C(C)C)cn1.COC(=O)c1ccc(C(C)C)cn1. The highest BCUT2D eigenvalue weighted by molar-refractivity contribution is 6.30. The van der Waals surface area contributed by atoms with Gasteiger partial charge in [-0.05, 0) is 190 Å². The number of ketones is 9. The molecule has 0 saturated heterocycles. The molecule has 0 aliphatic rings. The average molecular weight is 1990 g/mol. The van der Waals surface area contributed by atoms with Crippen molar-refractivity contribution in [1.29, 1.82) is 0 Å². The molecule has 0 radical (unpaired) electrons. The number of halogens is 7. The van der Waals surface area contributed by atoms with Gasteiger partial charge in [-0.2, -0.15) is 17.6 Å². The van der Waals surface area contributed by atoms with Crippen LogP contribution in [-0.4, -0.2) is 115 Å². The van der Waals surface area contributed by atoms with Crippen LogP contribution in [0.2, 0.25) is 5.15 Å². The van der Waals surface area contributed by atoms with Crippen LogP contribution in [0.4, 0.5) is 26.3 Å². The second kappa shape index (κ2) is 65.1. The average Bonchev–Trinajstić information content (AvgIpc) is 0.795. The highest BCUT2D eigenvalue weighted by Gasteiger charge is 2.37. The molecule has 21 nitrogen and oxygen atoms in total. The van der Waals surface area contributed by atoms with Crippen LogP contribution >= 0.6 is 11.6 Å². The van der Waals surface area contributed by atoms with E-state index in [1.54, 1.807) is 102 Å². The number of aryl methyl sites for hydroxylation is 2. The summed E-state index contributed by atoms with van der Waals surface area (Å²) >= 11 is 5.96. The van der Waals surface area contributed by atoms with Crippen LogP contribution in [0.3, 0.4) is 0 Å². The second-order valence-corrected chi connectivity index (χ2v) is 36.7. The summed E-state index contributed by atoms with van der Waals surface area (Å²) in [5, 5.41) is 0.444. The first-order valence-electron chi connectivity index (χ1n) is 48.9. The first-order valence-corrected chi connectivity index (χ1v) is 49.3. The van der Waals surface area contributed by atoms with Gasteiger partial charge in [-0.25, -0.2) is 48.5 Å². The maximum absolute atomic E-state index is 13.3. The number of aromatic nitrogens is 10. The van der Waals surface area contributed by atoms with Crippen molar-refractivity contribution in [2.45, 2.75) is 351 Å². The highest BCUT2D eigenvalue weighted by atomic mass is 35.5. The summed E-state index contributed by atoms with van der Waals surface area (Å²) in [4.78, 5) is 153. The van der Waals surface area contributed by atoms with Crippen molar-refractivity contribution in [3.05, 3.63) is 293 Å². The number of carbonyl (C=O) groups is 10. The lowest BCUT2D eigenvalue weighted by atomic mass is 9.99. The summed E-state index contributed by atoms with van der Waals surface area (Å²) in [6, 6.07) is 35.3. The molecule has 0 unspecified atom stereocenters. The van der Waals surface area contributed by atoms with Gasteiger partial charge >= 0.3 is 12.1 Å². The molecule has 10 rings (SSSR count). The maximum Gasteiger partial charge on any atom is 0.433 e. The number of alkyl halides is 5. The third-order valence-corrected chi connectivity index (χ3v) is 22.2. The molecule has 772 valence electrons. The zero-order valence-corrected chi connectivity index (χ0v) is 90.1. The van der Waals surface area contributed by atoms with Gasteiger partial charge in [0.2, 0.25) is 5.95 Å². The fraction of sp³-hybridized carbons (Fsp3) is 0.474. The Kier molecular flexibility index (Phi) is 58.7. The number of esters is 1. The van der Waals surface area contributed by atoms with Crippen molar-refractivity contribution in [1.82, 2.24) is 49.8 Å². The summed E-state index contributed by atoms with van der Waals surface area (Å²) in [6.07, 6.45) is 5.06. The van der Waals surface area contributed by atoms with Crippen LogP contribution in [0.1, 0.15) is 514 Å². The summed E-state index contributed by atoms with van der Waals surface area (Å²) in [7, 11) is 1.35. The van der Waals surface area contributed by atoms with E-state index in [1.165, 1.54) is 60.0 Å². The van der Waals surface area contributed by atoms with Crippen molar-refractivity contribution >= 4 is 69.6 Å². The molecule has 142 heavy (non-hydrogen) atoms. The highest BCUT2D eigenvalue weighted by Crippen LogP contribution is 2.35. The van der Waals surface area contributed by atoms with E-state index in [1.807, 2.05) is 144 Å². The Hall–Kier alpha value is -12.1. The predicted octanol–water partition coefficient (Wildman–Crippen LogP) is 30.8. The molecular weight excluding hydrogens is 1830 g/mol. The first kappa shape index (κ1) is 128. The van der Waals surface area contributed by atoms with Gasteiger partial charge in [0.25, 0.3) is 6.43 Å². The zero-order chi connectivity index (χ0) is 108. The number of pyridine rings is 10. The van der Waals surface area contributed by atoms with E-state index in [-0.39, 0.29) is 111 Å². The largest absolute Gasteiger partial charge is 0.464 e. The predicted molar refractivity (Wildman–Crippen MR) is 555 cm³/mol. The fourth-order valence-corrected chi connectivity index (χ4v) is 13.2. The molecule has 0 aromatic carbocycles. The Balaban J connectivity index is 0.000000790. The lowest BCUT2D eigenvalue weighted by Crippen LogP contribution is -2.15. The minimum absolute atomic E-state index is 0.0188. The van der Waals surface area contributed by atoms with Crippen LogP contribution in [0.25, 0.3) is 0 Å². The van der Waals surface area contributed by atoms with E-state index in [9.17, 15) is 74.3 Å². The van der Waals surface area contributed by atoms with Crippen LogP contribution in [-0.2, 0) is 17.3 Å². The lowest BCUT2D eigenvalue weighted by molar-refractivity contribution is -0.142. The van der Waals surface area contributed by atoms with Gasteiger partial charge in [0.15, 0.2) is 52.0 Å². The van der Waals surface area contributed by atoms with Gasteiger partial charge in [0.1, 0.15) is 73.5 Å². The number of carbonyl (C=O) groups excluding carboxylic acids is 10. The van der Waals surface area contributed by atoms with Crippen LogP contribution in [0, 0.1) is 12.9 Å². The topological polar surface area (TPSA) is 309 Å². The quantitative estimate of drug-likeness (QED) is 0.0169. The maximum atomic E-state index is 13.3. The molecule has 0 fully saturated rings. The van der Waals surface area contributed by atoms with Crippen molar-refractivity contribution in [3.63, 3.8) is 0 Å². The summed E-state index contributed by atoms with van der Waals surface area (Å²) in [5.74, 6) is 1.78. The number of Topliss-reactive ketones (excluding diaryl/α,β-unsaturated/α-hetero) is 9. The van der Waals surface area contributed by atoms with Crippen molar-refractivity contribution in [3.8, 4) is 0 Å². The second-order valence-electron chi connectivity index (χ2n) is 36.3. The van der Waals surface area contributed by atoms with E-state index in [2.05, 4.69) is 145 Å². The first-order chi connectivity index (χ1) is 66.6. The number of hydrogen-bond donors (Lipinski definition) is 0. The number of ether oxygens (including phenoxy) is 1. The molecule has 0 saturated carbocycles. The monoisotopic (exact) mass is 1990 g/mol. The molecule has 0 bridgehead atoms. The molecule has 10 aromatic heterocycles. The minimum Gasteiger partial charge on any atom is -0.464 e. The van der Waals surface area contributed by atoms with E-state index in [4.69, 9.17) is 11.6 Å². The Morgan fingerprint density at radius 2 is 0.613 bits per heavy atom. The molecular formula is C114H151ClF6N10O11. The van der Waals surface area contributed by atoms with Gasteiger partial charge in [-0.15, -0.1) is 0 Å². The van der Waals surface area contributed by atoms with Crippen molar-refractivity contribution in [2.24, 2.45) is 0 Å². The number of nitrogens with zero attached hydrogens (tertiary/aromatic N) is 10. The third-order valence-electron chi connectivity index (χ3n) is 21.9. The van der Waals surface area contributed by atoms with Crippen LogP contribution < -0.4 is 0 Å². The number of methoxy groups -OCH3 is 1. The lowest BCUT2D eigenvalue weighted by Gasteiger charge is -2.15. The van der Waals surface area contributed by atoms with Crippen molar-refractivity contribution in [2.75, 3.05) is 7.11 Å². The molecule has 10 aromatic rings. The molecule has 0 aliphatic carbocycles. The smallest absolute Gasteiger partial charge is 0.433 e. The number of rotatable bonds is 31. The van der Waals surface area contributed by atoms with Crippen molar-refractivity contribution < 1.29 is 79.0 Å². The zero-order valence-electron chi connectivity index (χ0n) is 89.4. The Morgan fingerprint density at radius 3 is 0.908 bits per heavy atom. The van der Waals surface area contributed by atoms with Gasteiger partial charge in [-0.3, -0.25) is 58.1 Å². The van der Waals surface area contributed by atoms with Gasteiger partial charge in [0, 0.05) is 100 Å². The van der Waals surface area contributed by atoms with Gasteiger partial charge in [-0.1, -0.05) is 273 Å². The summed E-state index contributed by atoms with van der Waals surface area (Å²) < 4.78 is 81.7. The molecule has 0 N–H and O–H groups in total. The van der Waals surface area contributed by atoms with Crippen LogP contribution in [0.5, 0.6) is 0 Å². The van der Waals surface area contributed by atoms with Gasteiger partial charge in [0.05, 0.1) is 7.11 Å².